The second kappa shape index (κ2) is 8.67. The van der Waals surface area contributed by atoms with Crippen LogP contribution in [0.2, 0.25) is 0 Å². The van der Waals surface area contributed by atoms with Gasteiger partial charge >= 0.3 is 0 Å². The minimum absolute atomic E-state index is 0.671. The van der Waals surface area contributed by atoms with Crippen molar-refractivity contribution in [2.24, 2.45) is 5.92 Å². The molecule has 0 aliphatic rings. The topological polar surface area (TPSA) is 28.2 Å². The maximum atomic E-state index is 4.71. The summed E-state index contributed by atoms with van der Waals surface area (Å²) in [7, 11) is 2.20. The standard InChI is InChI=1S/C15H29N3S/c1-6-14(7-2)18(5)10-13-11-19-15(17-13)9-16-8-12(3)4/h11-12,14,16H,6-10H2,1-5H3. The van der Waals surface area contributed by atoms with Crippen LogP contribution >= 0.6 is 11.3 Å². The Morgan fingerprint density at radius 2 is 2.00 bits per heavy atom. The van der Waals surface area contributed by atoms with Crippen molar-refractivity contribution in [3.05, 3.63) is 16.1 Å². The Bertz CT molecular complexity index is 345. The molecule has 0 atom stereocenters. The van der Waals surface area contributed by atoms with E-state index in [9.17, 15) is 0 Å². The first-order valence-electron chi connectivity index (χ1n) is 7.41. The molecule has 0 aromatic carbocycles. The van der Waals surface area contributed by atoms with Gasteiger partial charge in [0.15, 0.2) is 0 Å². The average Bonchev–Trinajstić information content (AvgIpc) is 2.78. The van der Waals surface area contributed by atoms with Gasteiger partial charge < -0.3 is 5.32 Å². The van der Waals surface area contributed by atoms with Crippen LogP contribution < -0.4 is 5.32 Å². The molecule has 0 amide bonds. The Kier molecular flexibility index (Phi) is 7.57. The molecule has 4 heteroatoms. The van der Waals surface area contributed by atoms with Crippen LogP contribution in [-0.2, 0) is 13.1 Å². The second-order valence-corrected chi connectivity index (χ2v) is 6.59. The van der Waals surface area contributed by atoms with Crippen LogP contribution in [0.15, 0.2) is 5.38 Å². The lowest BCUT2D eigenvalue weighted by atomic mass is 10.1. The first-order valence-corrected chi connectivity index (χ1v) is 8.28. The molecule has 0 radical (unpaired) electrons. The average molecular weight is 283 g/mol. The molecule has 1 heterocycles. The van der Waals surface area contributed by atoms with E-state index in [1.807, 2.05) is 0 Å². The maximum Gasteiger partial charge on any atom is 0.107 e. The fourth-order valence-corrected chi connectivity index (χ4v) is 3.02. The first-order chi connectivity index (χ1) is 9.06. The van der Waals surface area contributed by atoms with Gasteiger partial charge in [-0.1, -0.05) is 27.7 Å². The lowest BCUT2D eigenvalue weighted by Gasteiger charge is -2.25. The molecule has 0 aliphatic heterocycles. The third-order valence-corrected chi connectivity index (χ3v) is 4.30. The summed E-state index contributed by atoms with van der Waals surface area (Å²) in [6.45, 7) is 11.9. The van der Waals surface area contributed by atoms with E-state index in [0.717, 1.165) is 19.6 Å². The molecule has 1 N–H and O–H groups in total. The Morgan fingerprint density at radius 3 is 2.58 bits per heavy atom. The van der Waals surface area contributed by atoms with E-state index in [1.54, 1.807) is 11.3 Å². The number of thiazole rings is 1. The normalized spacial score (nSPS) is 12.0. The highest BCUT2D eigenvalue weighted by Gasteiger charge is 2.12. The zero-order valence-corrected chi connectivity index (χ0v) is 13.9. The van der Waals surface area contributed by atoms with Gasteiger partial charge in [0, 0.05) is 24.5 Å². The lowest BCUT2D eigenvalue weighted by molar-refractivity contribution is 0.219. The van der Waals surface area contributed by atoms with E-state index in [0.29, 0.717) is 12.0 Å². The Hall–Kier alpha value is -0.450. The van der Waals surface area contributed by atoms with E-state index in [2.05, 4.69) is 50.3 Å². The third kappa shape index (κ3) is 6.02. The molecule has 1 rings (SSSR count). The van der Waals surface area contributed by atoms with Crippen LogP contribution in [-0.4, -0.2) is 29.5 Å². The summed E-state index contributed by atoms with van der Waals surface area (Å²) in [6.07, 6.45) is 2.42. The van der Waals surface area contributed by atoms with Crippen LogP contribution in [0.3, 0.4) is 0 Å². The van der Waals surface area contributed by atoms with E-state index in [-0.39, 0.29) is 0 Å². The van der Waals surface area contributed by atoms with Crippen LogP contribution in [0.25, 0.3) is 0 Å². The second-order valence-electron chi connectivity index (χ2n) is 5.64. The predicted molar refractivity (Wildman–Crippen MR) is 84.5 cm³/mol. The van der Waals surface area contributed by atoms with Gasteiger partial charge in [-0.3, -0.25) is 4.90 Å². The Labute approximate surface area is 122 Å². The Morgan fingerprint density at radius 1 is 1.32 bits per heavy atom. The summed E-state index contributed by atoms with van der Waals surface area (Å²) < 4.78 is 0. The molecular weight excluding hydrogens is 254 g/mol. The smallest absolute Gasteiger partial charge is 0.107 e. The molecule has 3 nitrogen and oxygen atoms in total. The van der Waals surface area contributed by atoms with Gasteiger partial charge in [0.05, 0.1) is 5.69 Å². The maximum absolute atomic E-state index is 4.71. The van der Waals surface area contributed by atoms with Crippen LogP contribution in [0.5, 0.6) is 0 Å². The summed E-state index contributed by atoms with van der Waals surface area (Å²) in [6, 6.07) is 0.671. The highest BCUT2D eigenvalue weighted by atomic mass is 32.1. The largest absolute Gasteiger partial charge is 0.310 e. The van der Waals surface area contributed by atoms with E-state index in [4.69, 9.17) is 4.98 Å². The fourth-order valence-electron chi connectivity index (χ4n) is 2.27. The quantitative estimate of drug-likeness (QED) is 0.752. The van der Waals surface area contributed by atoms with E-state index >= 15 is 0 Å². The third-order valence-electron chi connectivity index (χ3n) is 3.41. The van der Waals surface area contributed by atoms with Crippen molar-refractivity contribution in [2.75, 3.05) is 13.6 Å². The number of nitrogens with one attached hydrogen (secondary N) is 1. The van der Waals surface area contributed by atoms with Crippen molar-refractivity contribution in [2.45, 2.75) is 59.7 Å². The summed E-state index contributed by atoms with van der Waals surface area (Å²) in [4.78, 5) is 7.13. The van der Waals surface area contributed by atoms with Gasteiger partial charge in [-0.05, 0) is 32.4 Å². The summed E-state index contributed by atoms with van der Waals surface area (Å²) >= 11 is 1.77. The van der Waals surface area contributed by atoms with Gasteiger partial charge in [-0.25, -0.2) is 4.98 Å². The highest BCUT2D eigenvalue weighted by Crippen LogP contribution is 2.14. The zero-order chi connectivity index (χ0) is 14.3. The number of hydrogen-bond acceptors (Lipinski definition) is 4. The van der Waals surface area contributed by atoms with Gasteiger partial charge in [0.25, 0.3) is 0 Å². The molecule has 1 aromatic rings. The van der Waals surface area contributed by atoms with Gasteiger partial charge in [0.1, 0.15) is 5.01 Å². The molecule has 19 heavy (non-hydrogen) atoms. The summed E-state index contributed by atoms with van der Waals surface area (Å²) in [5.74, 6) is 0.695. The molecule has 0 unspecified atom stereocenters. The number of aromatic nitrogens is 1. The molecule has 0 aliphatic carbocycles. The van der Waals surface area contributed by atoms with Crippen LogP contribution in [0.1, 0.15) is 51.2 Å². The van der Waals surface area contributed by atoms with Crippen molar-refractivity contribution in [1.29, 1.82) is 0 Å². The van der Waals surface area contributed by atoms with Crippen molar-refractivity contribution in [3.8, 4) is 0 Å². The molecule has 0 fully saturated rings. The van der Waals surface area contributed by atoms with Crippen molar-refractivity contribution in [1.82, 2.24) is 15.2 Å². The molecule has 0 spiro atoms. The molecule has 0 saturated heterocycles. The minimum atomic E-state index is 0.671. The SMILES string of the molecule is CCC(CC)N(C)Cc1csc(CNCC(C)C)n1. The first kappa shape index (κ1) is 16.6. The highest BCUT2D eigenvalue weighted by molar-refractivity contribution is 7.09. The minimum Gasteiger partial charge on any atom is -0.310 e. The number of nitrogens with zero attached hydrogens (tertiary/aromatic N) is 2. The zero-order valence-electron chi connectivity index (χ0n) is 13.1. The van der Waals surface area contributed by atoms with E-state index < -0.39 is 0 Å². The summed E-state index contributed by atoms with van der Waals surface area (Å²) in [5.41, 5.74) is 1.21. The number of hydrogen-bond donors (Lipinski definition) is 1. The lowest BCUT2D eigenvalue weighted by Crippen LogP contribution is -2.30. The molecule has 0 bridgehead atoms. The molecule has 1 aromatic heterocycles. The molecule has 0 saturated carbocycles. The van der Waals surface area contributed by atoms with Gasteiger partial charge in [-0.2, -0.15) is 0 Å². The Balaban J connectivity index is 2.41. The predicted octanol–water partition coefficient (Wildman–Crippen LogP) is 3.51. The number of rotatable bonds is 9. The van der Waals surface area contributed by atoms with Crippen LogP contribution in [0.4, 0.5) is 0 Å². The van der Waals surface area contributed by atoms with Crippen molar-refractivity contribution >= 4 is 11.3 Å². The molecule has 110 valence electrons. The van der Waals surface area contributed by atoms with E-state index in [1.165, 1.54) is 23.5 Å². The van der Waals surface area contributed by atoms with Crippen LogP contribution in [0, 0.1) is 5.92 Å². The summed E-state index contributed by atoms with van der Waals surface area (Å²) in [5, 5.41) is 6.85. The van der Waals surface area contributed by atoms with Gasteiger partial charge in [0.2, 0.25) is 0 Å². The van der Waals surface area contributed by atoms with Crippen molar-refractivity contribution in [3.63, 3.8) is 0 Å². The van der Waals surface area contributed by atoms with Gasteiger partial charge in [-0.15, -0.1) is 11.3 Å². The molecular formula is C15H29N3S. The monoisotopic (exact) mass is 283 g/mol. The van der Waals surface area contributed by atoms with Crippen molar-refractivity contribution < 1.29 is 0 Å². The fraction of sp³-hybridized carbons (Fsp3) is 0.800.